The van der Waals surface area contributed by atoms with Crippen molar-refractivity contribution >= 4 is 33.4 Å². The molecule has 0 atom stereocenters. The minimum absolute atomic E-state index is 0.196. The van der Waals surface area contributed by atoms with Gasteiger partial charge in [-0.2, -0.15) is 4.98 Å². The monoisotopic (exact) mass is 572 g/mol. The van der Waals surface area contributed by atoms with Crippen LogP contribution >= 0.6 is 15.9 Å². The average Bonchev–Trinajstić information content (AvgIpc) is 3.44. The Morgan fingerprint density at radius 1 is 0.838 bits per heavy atom. The van der Waals surface area contributed by atoms with E-state index in [4.69, 9.17) is 4.98 Å². The van der Waals surface area contributed by atoms with E-state index in [0.717, 1.165) is 28.9 Å². The van der Waals surface area contributed by atoms with E-state index in [-0.39, 0.29) is 25.9 Å². The molecule has 2 aromatic heterocycles. The quantitative estimate of drug-likeness (QED) is 0.418. The van der Waals surface area contributed by atoms with E-state index >= 15 is 0 Å². The summed E-state index contributed by atoms with van der Waals surface area (Å²) in [6, 6.07) is 8.09. The van der Waals surface area contributed by atoms with Crippen LogP contribution < -0.4 is 14.7 Å². The lowest BCUT2D eigenvalue weighted by atomic mass is 9.93. The van der Waals surface area contributed by atoms with Crippen molar-refractivity contribution in [1.82, 2.24) is 25.0 Å². The molecule has 0 radical (unpaired) electrons. The molecule has 0 N–H and O–H groups in total. The number of anilines is 3. The molecule has 1 aliphatic carbocycles. The van der Waals surface area contributed by atoms with Crippen molar-refractivity contribution < 1.29 is 8.78 Å². The number of hydrogen-bond donors (Lipinski definition) is 0. The number of hydrogen-bond acceptors (Lipinski definition) is 7. The van der Waals surface area contributed by atoms with Crippen LogP contribution in [0.5, 0.6) is 0 Å². The fraction of sp³-hybridized carbons (Fsp3) is 0.538. The maximum atomic E-state index is 13.7. The number of halogens is 3. The van der Waals surface area contributed by atoms with Gasteiger partial charge >= 0.3 is 0 Å². The van der Waals surface area contributed by atoms with Gasteiger partial charge in [-0.3, -0.25) is 0 Å². The second kappa shape index (κ2) is 9.18. The molecule has 8 nitrogen and oxygen atoms in total. The molecule has 6 rings (SSSR count). The first-order valence-corrected chi connectivity index (χ1v) is 13.7. The third-order valence-electron chi connectivity index (χ3n) is 8.00. The number of nitrogens with zero attached hydrogens (tertiary/aromatic N) is 8. The predicted molar refractivity (Wildman–Crippen MR) is 144 cm³/mol. The number of aromatic nitrogens is 5. The van der Waals surface area contributed by atoms with Gasteiger partial charge in [-0.1, -0.05) is 21.1 Å². The Morgan fingerprint density at radius 2 is 1.54 bits per heavy atom. The molecule has 0 unspecified atom stereocenters. The third kappa shape index (κ3) is 5.02. The van der Waals surface area contributed by atoms with E-state index in [1.807, 2.05) is 42.2 Å². The summed E-state index contributed by atoms with van der Waals surface area (Å²) in [5.41, 5.74) is 3.92. The van der Waals surface area contributed by atoms with Crippen molar-refractivity contribution in [3.8, 4) is 17.1 Å². The van der Waals surface area contributed by atoms with E-state index in [2.05, 4.69) is 48.3 Å². The first-order chi connectivity index (χ1) is 17.7. The highest BCUT2D eigenvalue weighted by Crippen LogP contribution is 2.54. The average molecular weight is 573 g/mol. The second-order valence-corrected chi connectivity index (χ2v) is 11.7. The molecule has 2 saturated heterocycles. The predicted octanol–water partition coefficient (Wildman–Crippen LogP) is 5.17. The Labute approximate surface area is 223 Å². The van der Waals surface area contributed by atoms with Crippen molar-refractivity contribution in [2.75, 3.05) is 55.0 Å². The van der Waals surface area contributed by atoms with Crippen molar-refractivity contribution in [3.63, 3.8) is 0 Å². The zero-order valence-electron chi connectivity index (χ0n) is 21.2. The molecule has 3 fully saturated rings. The lowest BCUT2D eigenvalue weighted by Gasteiger charge is -2.35. The van der Waals surface area contributed by atoms with Crippen LogP contribution in [0.3, 0.4) is 0 Å². The molecule has 1 saturated carbocycles. The van der Waals surface area contributed by atoms with Crippen molar-refractivity contribution in [3.05, 3.63) is 34.9 Å². The standard InChI is InChI=1S/C26H31BrF2N8/c1-34(2)23-16-19(30-24(31-23)36-13-9-26(28,29)10-14-36)20-17-37(33-32-20)21-4-3-18(27)15-22(21)35-11-7-25(5-6-25)8-12-35/h3-4,15-17H,5-14H2,1-2H3. The van der Waals surface area contributed by atoms with E-state index in [1.165, 1.54) is 25.7 Å². The van der Waals surface area contributed by atoms with Crippen molar-refractivity contribution in [2.24, 2.45) is 5.41 Å². The van der Waals surface area contributed by atoms with Crippen LogP contribution in [0.4, 0.5) is 26.2 Å². The number of alkyl halides is 2. The Kier molecular flexibility index (Phi) is 6.08. The van der Waals surface area contributed by atoms with Gasteiger partial charge in [0, 0.05) is 63.7 Å². The van der Waals surface area contributed by atoms with E-state index < -0.39 is 5.92 Å². The van der Waals surface area contributed by atoms with Gasteiger partial charge < -0.3 is 14.7 Å². The summed E-state index contributed by atoms with van der Waals surface area (Å²) in [4.78, 5) is 15.5. The minimum atomic E-state index is -2.63. The smallest absolute Gasteiger partial charge is 0.251 e. The molecular formula is C26H31BrF2N8. The lowest BCUT2D eigenvalue weighted by molar-refractivity contribution is -0.0222. The molecule has 0 amide bonds. The molecule has 37 heavy (non-hydrogen) atoms. The van der Waals surface area contributed by atoms with Crippen LogP contribution in [0.25, 0.3) is 17.1 Å². The van der Waals surface area contributed by atoms with Gasteiger partial charge in [0.1, 0.15) is 11.5 Å². The van der Waals surface area contributed by atoms with Crippen LogP contribution in [-0.4, -0.2) is 71.2 Å². The first-order valence-electron chi connectivity index (χ1n) is 12.9. The summed E-state index contributed by atoms with van der Waals surface area (Å²) >= 11 is 3.64. The molecular weight excluding hydrogens is 542 g/mol. The normalized spacial score (nSPS) is 20.4. The van der Waals surface area contributed by atoms with Crippen molar-refractivity contribution in [2.45, 2.75) is 44.4 Å². The largest absolute Gasteiger partial charge is 0.370 e. The van der Waals surface area contributed by atoms with Gasteiger partial charge in [-0.15, -0.1) is 5.10 Å². The molecule has 3 aliphatic rings. The van der Waals surface area contributed by atoms with E-state index in [9.17, 15) is 8.78 Å². The Balaban J connectivity index is 1.31. The topological polar surface area (TPSA) is 66.2 Å². The lowest BCUT2D eigenvalue weighted by Crippen LogP contribution is -2.40. The van der Waals surface area contributed by atoms with Crippen LogP contribution in [0.1, 0.15) is 38.5 Å². The summed E-state index contributed by atoms with van der Waals surface area (Å²) in [6.45, 7) is 2.52. The second-order valence-electron chi connectivity index (χ2n) is 10.8. The van der Waals surface area contributed by atoms with Crippen LogP contribution in [0.15, 0.2) is 34.9 Å². The molecule has 1 aromatic carbocycles. The molecule has 4 heterocycles. The maximum absolute atomic E-state index is 13.7. The van der Waals surface area contributed by atoms with Crippen molar-refractivity contribution in [1.29, 1.82) is 0 Å². The molecule has 2 aliphatic heterocycles. The van der Waals surface area contributed by atoms with Crippen LogP contribution in [0, 0.1) is 5.41 Å². The number of benzene rings is 1. The first kappa shape index (κ1) is 24.5. The minimum Gasteiger partial charge on any atom is -0.370 e. The SMILES string of the molecule is CN(C)c1cc(-c2cn(-c3ccc(Br)cc3N3CCC4(CC3)CC4)nn2)nc(N2CCC(F)(F)CC2)n1. The zero-order chi connectivity index (χ0) is 25.8. The summed E-state index contributed by atoms with van der Waals surface area (Å²) in [7, 11) is 3.80. The van der Waals surface area contributed by atoms with Gasteiger partial charge in [0.05, 0.1) is 23.3 Å². The highest BCUT2D eigenvalue weighted by Gasteiger charge is 2.44. The van der Waals surface area contributed by atoms with E-state index in [0.29, 0.717) is 28.6 Å². The number of rotatable bonds is 5. The number of piperidine rings is 2. The molecule has 0 bridgehead atoms. The Morgan fingerprint density at radius 3 is 2.22 bits per heavy atom. The Hall–Kier alpha value is -2.82. The van der Waals surface area contributed by atoms with Gasteiger partial charge in [0.25, 0.3) is 5.92 Å². The van der Waals surface area contributed by atoms with Gasteiger partial charge in [-0.25, -0.2) is 18.4 Å². The molecule has 196 valence electrons. The van der Waals surface area contributed by atoms with Crippen LogP contribution in [0.2, 0.25) is 0 Å². The summed E-state index contributed by atoms with van der Waals surface area (Å²) in [5.74, 6) is -1.49. The van der Waals surface area contributed by atoms with E-state index in [1.54, 1.807) is 4.68 Å². The Bertz CT molecular complexity index is 1290. The van der Waals surface area contributed by atoms with Gasteiger partial charge in [-0.05, 0) is 49.3 Å². The third-order valence-corrected chi connectivity index (χ3v) is 8.49. The summed E-state index contributed by atoms with van der Waals surface area (Å²) in [5, 5.41) is 8.91. The zero-order valence-corrected chi connectivity index (χ0v) is 22.8. The fourth-order valence-corrected chi connectivity index (χ4v) is 5.65. The van der Waals surface area contributed by atoms with Gasteiger partial charge in [0.15, 0.2) is 0 Å². The molecule has 3 aromatic rings. The maximum Gasteiger partial charge on any atom is 0.251 e. The summed E-state index contributed by atoms with van der Waals surface area (Å²) in [6.07, 6.45) is 6.70. The molecule has 1 spiro atoms. The summed E-state index contributed by atoms with van der Waals surface area (Å²) < 4.78 is 30.3. The highest BCUT2D eigenvalue weighted by atomic mass is 79.9. The highest BCUT2D eigenvalue weighted by molar-refractivity contribution is 9.10. The fourth-order valence-electron chi connectivity index (χ4n) is 5.30. The van der Waals surface area contributed by atoms with Gasteiger partial charge in [0.2, 0.25) is 5.95 Å². The molecule has 11 heteroatoms. The van der Waals surface area contributed by atoms with Crippen LogP contribution in [-0.2, 0) is 0 Å².